The van der Waals surface area contributed by atoms with Gasteiger partial charge in [-0.25, -0.2) is 4.79 Å². The number of hydrogen-bond acceptors (Lipinski definition) is 3. The number of pyridine rings is 1. The van der Waals surface area contributed by atoms with Gasteiger partial charge in [-0.3, -0.25) is 9.48 Å². The fraction of sp³-hybridized carbons (Fsp3) is 0.222. The van der Waals surface area contributed by atoms with Crippen LogP contribution >= 0.6 is 0 Å². The van der Waals surface area contributed by atoms with E-state index in [0.29, 0.717) is 16.6 Å². The van der Waals surface area contributed by atoms with E-state index in [1.165, 1.54) is 10.7 Å². The summed E-state index contributed by atoms with van der Waals surface area (Å²) in [4.78, 5) is 24.6. The van der Waals surface area contributed by atoms with Gasteiger partial charge in [-0.05, 0) is 12.5 Å². The maximum absolute atomic E-state index is 11.2. The summed E-state index contributed by atoms with van der Waals surface area (Å²) in [6.45, 7) is 1.69. The number of carbonyl (C=O) groups is 1. The van der Waals surface area contributed by atoms with Gasteiger partial charge >= 0.3 is 5.97 Å². The third kappa shape index (κ3) is 1.30. The number of rotatable bonds is 1. The normalized spacial score (nSPS) is 10.8. The van der Waals surface area contributed by atoms with Crippen LogP contribution in [0.2, 0.25) is 0 Å². The number of aryl methyl sites for hydroxylation is 2. The minimum atomic E-state index is -1.10. The first-order valence-corrected chi connectivity index (χ1v) is 4.30. The van der Waals surface area contributed by atoms with Crippen molar-refractivity contribution in [3.05, 3.63) is 27.7 Å². The fourth-order valence-corrected chi connectivity index (χ4v) is 1.61. The molecule has 78 valence electrons. The Morgan fingerprint density at radius 2 is 2.27 bits per heavy atom. The number of H-pyrrole nitrogens is 1. The number of aromatic amines is 1. The van der Waals surface area contributed by atoms with E-state index in [9.17, 15) is 9.59 Å². The zero-order valence-corrected chi connectivity index (χ0v) is 8.24. The molecule has 0 bridgehead atoms. The molecule has 0 saturated carbocycles. The lowest BCUT2D eigenvalue weighted by atomic mass is 10.1. The summed E-state index contributed by atoms with van der Waals surface area (Å²) in [5.41, 5.74) is 0.734. The van der Waals surface area contributed by atoms with Crippen LogP contribution in [0.3, 0.4) is 0 Å². The van der Waals surface area contributed by atoms with Gasteiger partial charge in [0.25, 0.3) is 0 Å². The van der Waals surface area contributed by atoms with Crippen LogP contribution in [0, 0.1) is 6.92 Å². The van der Waals surface area contributed by atoms with Crippen molar-refractivity contribution in [2.75, 3.05) is 0 Å². The van der Waals surface area contributed by atoms with Gasteiger partial charge in [0, 0.05) is 13.1 Å². The number of nitrogens with zero attached hydrogens (tertiary/aromatic N) is 2. The highest BCUT2D eigenvalue weighted by Gasteiger charge is 2.17. The third-order valence-electron chi connectivity index (χ3n) is 2.23. The molecule has 0 aliphatic carbocycles. The number of aromatic nitrogens is 3. The van der Waals surface area contributed by atoms with Crippen molar-refractivity contribution in [2.24, 2.45) is 7.05 Å². The number of carboxylic acid groups (broad SMARTS) is 1. The molecule has 6 heteroatoms. The predicted molar refractivity (Wildman–Crippen MR) is 53.0 cm³/mol. The highest BCUT2D eigenvalue weighted by atomic mass is 16.4. The molecule has 0 radical (unpaired) electrons. The van der Waals surface area contributed by atoms with Crippen molar-refractivity contribution in [1.82, 2.24) is 14.8 Å². The summed E-state index contributed by atoms with van der Waals surface area (Å²) >= 11 is 0. The molecule has 0 fully saturated rings. The second kappa shape index (κ2) is 2.94. The quantitative estimate of drug-likeness (QED) is 0.702. The van der Waals surface area contributed by atoms with Crippen molar-refractivity contribution in [3.8, 4) is 0 Å². The summed E-state index contributed by atoms with van der Waals surface area (Å²) in [6.07, 6.45) is 0. The van der Waals surface area contributed by atoms with E-state index in [1.807, 2.05) is 0 Å². The van der Waals surface area contributed by atoms with E-state index in [4.69, 9.17) is 5.11 Å². The summed E-state index contributed by atoms with van der Waals surface area (Å²) in [5.74, 6) is -1.10. The van der Waals surface area contributed by atoms with Crippen LogP contribution in [-0.2, 0) is 7.05 Å². The minimum absolute atomic E-state index is 0.0405. The molecular formula is C9H9N3O3. The van der Waals surface area contributed by atoms with Crippen LogP contribution in [0.5, 0.6) is 0 Å². The Morgan fingerprint density at radius 1 is 1.60 bits per heavy atom. The smallest absolute Gasteiger partial charge is 0.357 e. The van der Waals surface area contributed by atoms with Crippen molar-refractivity contribution in [2.45, 2.75) is 6.92 Å². The maximum atomic E-state index is 11.2. The first kappa shape index (κ1) is 9.45. The molecular weight excluding hydrogens is 198 g/mol. The van der Waals surface area contributed by atoms with Crippen LogP contribution in [0.1, 0.15) is 16.1 Å². The van der Waals surface area contributed by atoms with Crippen LogP contribution in [0.15, 0.2) is 10.9 Å². The van der Waals surface area contributed by atoms with E-state index in [1.54, 1.807) is 14.0 Å². The number of nitrogens with one attached hydrogen (secondary N) is 1. The van der Waals surface area contributed by atoms with E-state index < -0.39 is 5.97 Å². The molecule has 2 heterocycles. The monoisotopic (exact) mass is 207 g/mol. The van der Waals surface area contributed by atoms with Gasteiger partial charge in [-0.1, -0.05) is 0 Å². The first-order valence-electron chi connectivity index (χ1n) is 4.30. The topological polar surface area (TPSA) is 88.0 Å². The molecule has 2 rings (SSSR count). The SMILES string of the molecule is Cc1cc(=O)[nH]c2c1c(C(=O)O)nn2C. The van der Waals surface area contributed by atoms with Crippen LogP contribution in [-0.4, -0.2) is 25.8 Å². The first-order chi connectivity index (χ1) is 7.00. The van der Waals surface area contributed by atoms with Crippen LogP contribution < -0.4 is 5.56 Å². The van der Waals surface area contributed by atoms with Gasteiger partial charge in [-0.2, -0.15) is 5.10 Å². The average Bonchev–Trinajstić information content (AvgIpc) is 2.44. The fourth-order valence-electron chi connectivity index (χ4n) is 1.61. The highest BCUT2D eigenvalue weighted by Crippen LogP contribution is 2.18. The molecule has 0 spiro atoms. The minimum Gasteiger partial charge on any atom is -0.476 e. The number of carboxylic acids is 1. The Morgan fingerprint density at radius 3 is 2.87 bits per heavy atom. The summed E-state index contributed by atoms with van der Waals surface area (Å²) < 4.78 is 1.35. The Bertz CT molecular complexity index is 609. The zero-order chi connectivity index (χ0) is 11.2. The predicted octanol–water partition coefficient (Wildman–Crippen LogP) is 0.268. The Labute approximate surface area is 84.2 Å². The van der Waals surface area contributed by atoms with Gasteiger partial charge in [0.15, 0.2) is 5.69 Å². The molecule has 0 aliphatic rings. The largest absolute Gasteiger partial charge is 0.476 e. The number of hydrogen-bond donors (Lipinski definition) is 2. The van der Waals surface area contributed by atoms with Crippen molar-refractivity contribution < 1.29 is 9.90 Å². The number of fused-ring (bicyclic) bond motifs is 1. The van der Waals surface area contributed by atoms with Gasteiger partial charge in [0.2, 0.25) is 5.56 Å². The lowest BCUT2D eigenvalue weighted by Gasteiger charge is -1.96. The average molecular weight is 207 g/mol. The molecule has 0 atom stereocenters. The van der Waals surface area contributed by atoms with Crippen molar-refractivity contribution >= 4 is 17.0 Å². The molecule has 2 N–H and O–H groups in total. The second-order valence-electron chi connectivity index (χ2n) is 3.32. The van der Waals surface area contributed by atoms with Crippen LogP contribution in [0.25, 0.3) is 11.0 Å². The molecule has 2 aromatic heterocycles. The molecule has 0 unspecified atom stereocenters. The lowest BCUT2D eigenvalue weighted by Crippen LogP contribution is -2.06. The van der Waals surface area contributed by atoms with Gasteiger partial charge in [0.1, 0.15) is 5.65 Å². The molecule has 6 nitrogen and oxygen atoms in total. The number of aromatic carboxylic acids is 1. The second-order valence-corrected chi connectivity index (χ2v) is 3.32. The molecule has 15 heavy (non-hydrogen) atoms. The van der Waals surface area contributed by atoms with Crippen molar-refractivity contribution in [1.29, 1.82) is 0 Å². The van der Waals surface area contributed by atoms with Gasteiger partial charge in [0.05, 0.1) is 5.39 Å². The lowest BCUT2D eigenvalue weighted by molar-refractivity contribution is 0.0691. The summed E-state index contributed by atoms with van der Waals surface area (Å²) in [6, 6.07) is 1.36. The Balaban J connectivity index is 3.00. The highest BCUT2D eigenvalue weighted by molar-refractivity contribution is 6.01. The molecule has 0 aliphatic heterocycles. The summed E-state index contributed by atoms with van der Waals surface area (Å²) in [5, 5.41) is 13.2. The summed E-state index contributed by atoms with van der Waals surface area (Å²) in [7, 11) is 1.59. The molecule has 0 amide bonds. The maximum Gasteiger partial charge on any atom is 0.357 e. The van der Waals surface area contributed by atoms with E-state index in [-0.39, 0.29) is 11.3 Å². The third-order valence-corrected chi connectivity index (χ3v) is 2.23. The Hall–Kier alpha value is -2.11. The zero-order valence-electron chi connectivity index (χ0n) is 8.24. The van der Waals surface area contributed by atoms with Gasteiger partial charge < -0.3 is 10.1 Å². The van der Waals surface area contributed by atoms with E-state index in [2.05, 4.69) is 10.1 Å². The Kier molecular flexibility index (Phi) is 1.85. The van der Waals surface area contributed by atoms with E-state index >= 15 is 0 Å². The molecule has 2 aromatic rings. The van der Waals surface area contributed by atoms with Crippen molar-refractivity contribution in [3.63, 3.8) is 0 Å². The standard InChI is InChI=1S/C9H9N3O3/c1-4-3-5(13)10-8-6(4)7(9(14)15)11-12(8)2/h3H,1-2H3,(H,10,13)(H,14,15). The van der Waals surface area contributed by atoms with Gasteiger partial charge in [-0.15, -0.1) is 0 Å². The van der Waals surface area contributed by atoms with Crippen LogP contribution in [0.4, 0.5) is 0 Å². The molecule has 0 aromatic carbocycles. The molecule has 0 saturated heterocycles. The van der Waals surface area contributed by atoms with E-state index in [0.717, 1.165) is 0 Å².